The Kier molecular flexibility index (Phi) is 8.17. The van der Waals surface area contributed by atoms with Crippen molar-refractivity contribution in [2.75, 3.05) is 50.7 Å². The Morgan fingerprint density at radius 3 is 2.12 bits per heavy atom. The Morgan fingerprint density at radius 2 is 1.43 bits per heavy atom. The zero-order valence-electron chi connectivity index (χ0n) is 25.7. The number of anilines is 1. The third kappa shape index (κ3) is 5.24. The summed E-state index contributed by atoms with van der Waals surface area (Å²) in [6.45, 7) is 11.7. The van der Waals surface area contributed by atoms with Gasteiger partial charge in [-0.15, -0.1) is 0 Å². The lowest BCUT2D eigenvalue weighted by Crippen LogP contribution is -2.57. The van der Waals surface area contributed by atoms with E-state index >= 15 is 0 Å². The molecule has 42 heavy (non-hydrogen) atoms. The van der Waals surface area contributed by atoms with Gasteiger partial charge in [0, 0.05) is 49.7 Å². The van der Waals surface area contributed by atoms with Gasteiger partial charge in [0.1, 0.15) is 0 Å². The van der Waals surface area contributed by atoms with Gasteiger partial charge >= 0.3 is 0 Å². The number of likely N-dealkylation sites (N-methyl/N-ethyl adjacent to an activating group) is 1. The predicted molar refractivity (Wildman–Crippen MR) is 172 cm³/mol. The van der Waals surface area contributed by atoms with Gasteiger partial charge in [0.25, 0.3) is 0 Å². The Morgan fingerprint density at radius 1 is 0.786 bits per heavy atom. The average Bonchev–Trinajstić information content (AvgIpc) is 3.75. The second kappa shape index (κ2) is 11.9. The predicted octanol–water partition coefficient (Wildman–Crippen LogP) is 6.51. The molecule has 0 amide bonds. The molecule has 2 aromatic carbocycles. The molecule has 0 N–H and O–H groups in total. The Hall–Kier alpha value is -1.89. The van der Waals surface area contributed by atoms with Crippen molar-refractivity contribution >= 4 is 15.5 Å². The summed E-state index contributed by atoms with van der Waals surface area (Å²) >= 11 is 0. The molecule has 1 atom stereocenters. The van der Waals surface area contributed by atoms with Gasteiger partial charge < -0.3 is 9.80 Å². The highest BCUT2D eigenvalue weighted by Gasteiger charge is 2.51. The van der Waals surface area contributed by atoms with E-state index in [-0.39, 0.29) is 5.25 Å². The molecule has 0 spiro atoms. The molecular formula is C36H51N3O2S. The topological polar surface area (TPSA) is 43.9 Å². The first-order chi connectivity index (χ1) is 20.5. The van der Waals surface area contributed by atoms with E-state index in [0.717, 1.165) is 63.7 Å². The van der Waals surface area contributed by atoms with Gasteiger partial charge in [-0.1, -0.05) is 56.9 Å². The van der Waals surface area contributed by atoms with Gasteiger partial charge in [-0.05, 0) is 105 Å². The molecule has 7 rings (SSSR count). The van der Waals surface area contributed by atoms with E-state index < -0.39 is 9.84 Å². The maximum atomic E-state index is 13.0. The second-order valence-corrected chi connectivity index (χ2v) is 16.5. The normalized spacial score (nSPS) is 27.4. The van der Waals surface area contributed by atoms with Crippen LogP contribution in [0.15, 0.2) is 53.4 Å². The molecule has 1 unspecified atom stereocenters. The zero-order chi connectivity index (χ0) is 28.7. The highest BCUT2D eigenvalue weighted by atomic mass is 32.2. The van der Waals surface area contributed by atoms with Crippen molar-refractivity contribution in [1.82, 2.24) is 9.80 Å². The zero-order valence-corrected chi connectivity index (χ0v) is 26.5. The van der Waals surface area contributed by atoms with Crippen LogP contribution in [-0.2, 0) is 21.8 Å². The van der Waals surface area contributed by atoms with Crippen molar-refractivity contribution in [3.8, 4) is 0 Å². The molecule has 228 valence electrons. The van der Waals surface area contributed by atoms with E-state index in [1.807, 2.05) is 24.3 Å². The van der Waals surface area contributed by atoms with Crippen LogP contribution in [0.3, 0.4) is 0 Å². The van der Waals surface area contributed by atoms with Crippen LogP contribution >= 0.6 is 0 Å². The summed E-state index contributed by atoms with van der Waals surface area (Å²) in [5.41, 5.74) is 4.80. The third-order valence-electron chi connectivity index (χ3n) is 12.0. The van der Waals surface area contributed by atoms with Gasteiger partial charge in [-0.2, -0.15) is 0 Å². The first kappa shape index (κ1) is 28.9. The molecule has 0 radical (unpaired) electrons. The van der Waals surface area contributed by atoms with E-state index in [1.54, 1.807) is 11.1 Å². The van der Waals surface area contributed by atoms with Crippen LogP contribution in [0.25, 0.3) is 0 Å². The van der Waals surface area contributed by atoms with Crippen LogP contribution in [-0.4, -0.2) is 69.3 Å². The maximum absolute atomic E-state index is 13.0. The lowest BCUT2D eigenvalue weighted by Gasteiger charge is -2.54. The van der Waals surface area contributed by atoms with Crippen molar-refractivity contribution in [2.45, 2.75) is 93.2 Å². The molecule has 4 fully saturated rings. The Labute approximate surface area is 254 Å². The molecule has 3 heterocycles. The van der Waals surface area contributed by atoms with Crippen LogP contribution in [0.1, 0.15) is 82.3 Å². The number of likely N-dealkylation sites (tertiary alicyclic amines) is 1. The van der Waals surface area contributed by atoms with Crippen molar-refractivity contribution in [1.29, 1.82) is 0 Å². The number of hydrogen-bond donors (Lipinski definition) is 0. The summed E-state index contributed by atoms with van der Waals surface area (Å²) in [5, 5.41) is -0.174. The van der Waals surface area contributed by atoms with E-state index in [1.165, 1.54) is 70.4 Å². The monoisotopic (exact) mass is 589 g/mol. The molecule has 0 aromatic heterocycles. The summed E-state index contributed by atoms with van der Waals surface area (Å²) in [4.78, 5) is 8.43. The summed E-state index contributed by atoms with van der Waals surface area (Å²) in [6.07, 6.45) is 12.0. The fraction of sp³-hybridized carbons (Fsp3) is 0.667. The van der Waals surface area contributed by atoms with Crippen LogP contribution in [0.5, 0.6) is 0 Å². The molecular weight excluding hydrogens is 538 g/mol. The lowest BCUT2D eigenvalue weighted by molar-refractivity contribution is 0.0359. The smallest absolute Gasteiger partial charge is 0.181 e. The SMILES string of the molecule is CCN1Cc2ccccc2C(C2CCCC2)(C2CCN(CC3CN(c4ccc(S(=O)(=O)C5CCCC5)cc4)C3)CC2)C1. The minimum absolute atomic E-state index is 0.174. The van der Waals surface area contributed by atoms with Crippen LogP contribution in [0, 0.1) is 17.8 Å². The van der Waals surface area contributed by atoms with E-state index in [4.69, 9.17) is 0 Å². The molecule has 3 aliphatic heterocycles. The highest BCUT2D eigenvalue weighted by molar-refractivity contribution is 7.92. The number of sulfone groups is 1. The quantitative estimate of drug-likeness (QED) is 0.351. The van der Waals surface area contributed by atoms with Gasteiger partial charge in [-0.3, -0.25) is 4.90 Å². The second-order valence-electron chi connectivity index (χ2n) is 14.3. The molecule has 5 aliphatic rings. The third-order valence-corrected chi connectivity index (χ3v) is 14.3. The molecule has 5 nitrogen and oxygen atoms in total. The number of piperidine rings is 1. The Bertz CT molecular complexity index is 1320. The number of fused-ring (bicyclic) bond motifs is 1. The first-order valence-corrected chi connectivity index (χ1v) is 18.6. The van der Waals surface area contributed by atoms with Gasteiger partial charge in [0.2, 0.25) is 0 Å². The van der Waals surface area contributed by atoms with E-state index in [2.05, 4.69) is 45.9 Å². The highest BCUT2D eigenvalue weighted by Crippen LogP contribution is 2.53. The van der Waals surface area contributed by atoms with Gasteiger partial charge in [-0.25, -0.2) is 8.42 Å². The van der Waals surface area contributed by atoms with Gasteiger partial charge in [0.05, 0.1) is 10.1 Å². The van der Waals surface area contributed by atoms with Crippen molar-refractivity contribution in [2.24, 2.45) is 17.8 Å². The molecule has 2 saturated heterocycles. The molecule has 0 bridgehead atoms. The van der Waals surface area contributed by atoms with Crippen LogP contribution in [0.4, 0.5) is 5.69 Å². The van der Waals surface area contributed by atoms with Gasteiger partial charge in [0.15, 0.2) is 9.84 Å². The number of benzene rings is 2. The van der Waals surface area contributed by atoms with E-state index in [0.29, 0.717) is 16.2 Å². The standard InChI is InChI=1S/C36H51N3O2S/c1-2-37-26-29-9-3-8-14-35(29)36(27-37,30-10-4-5-11-30)31-19-21-38(22-20-31)23-28-24-39(25-28)32-15-17-34(18-16-32)42(40,41)33-12-6-7-13-33/h3,8-9,14-18,28,30-31,33H,2,4-7,10-13,19-27H2,1H3. The minimum atomic E-state index is -3.17. The molecule has 2 aliphatic carbocycles. The van der Waals surface area contributed by atoms with Crippen LogP contribution < -0.4 is 4.90 Å². The molecule has 2 aromatic rings. The molecule has 2 saturated carbocycles. The fourth-order valence-electron chi connectivity index (χ4n) is 9.69. The average molecular weight is 590 g/mol. The minimum Gasteiger partial charge on any atom is -0.371 e. The van der Waals surface area contributed by atoms with Crippen molar-refractivity contribution in [3.05, 3.63) is 59.7 Å². The number of nitrogens with zero attached hydrogens (tertiary/aromatic N) is 3. The summed E-state index contributed by atoms with van der Waals surface area (Å²) in [7, 11) is -3.17. The van der Waals surface area contributed by atoms with Crippen LogP contribution in [0.2, 0.25) is 0 Å². The maximum Gasteiger partial charge on any atom is 0.181 e. The van der Waals surface area contributed by atoms with Crippen molar-refractivity contribution in [3.63, 3.8) is 0 Å². The first-order valence-electron chi connectivity index (χ1n) is 17.1. The summed E-state index contributed by atoms with van der Waals surface area (Å²) in [6, 6.07) is 17.3. The Balaban J connectivity index is 0.965. The fourth-order valence-corrected chi connectivity index (χ4v) is 11.5. The lowest BCUT2D eigenvalue weighted by atomic mass is 9.57. The number of hydrogen-bond acceptors (Lipinski definition) is 5. The summed E-state index contributed by atoms with van der Waals surface area (Å²) in [5.74, 6) is 2.33. The van der Waals surface area contributed by atoms with Crippen molar-refractivity contribution < 1.29 is 8.42 Å². The molecule has 6 heteroatoms. The summed E-state index contributed by atoms with van der Waals surface area (Å²) < 4.78 is 25.9. The van der Waals surface area contributed by atoms with E-state index in [9.17, 15) is 8.42 Å². The largest absolute Gasteiger partial charge is 0.371 e. The number of rotatable bonds is 8.